The molecule has 24 heavy (non-hydrogen) atoms. The molecule has 2 aromatic rings. The molecule has 2 aliphatic heterocycles. The number of amides is 1. The molecule has 2 saturated heterocycles. The van der Waals surface area contributed by atoms with Gasteiger partial charge in [0, 0.05) is 30.7 Å². The zero-order valence-corrected chi connectivity index (χ0v) is 13.4. The fourth-order valence-corrected chi connectivity index (χ4v) is 4.15. The Morgan fingerprint density at radius 3 is 2.75 bits per heavy atom. The van der Waals surface area contributed by atoms with Gasteiger partial charge in [0.15, 0.2) is 0 Å². The molecule has 0 spiro atoms. The number of aliphatic carboxylic acids is 1. The van der Waals surface area contributed by atoms with Crippen LogP contribution in [0.5, 0.6) is 0 Å². The Morgan fingerprint density at radius 1 is 1.25 bits per heavy atom. The van der Waals surface area contributed by atoms with Crippen molar-refractivity contribution in [1.82, 2.24) is 9.88 Å². The van der Waals surface area contributed by atoms with Crippen LogP contribution in [0.15, 0.2) is 30.5 Å². The van der Waals surface area contributed by atoms with E-state index < -0.39 is 17.8 Å². The number of carbonyl (C=O) groups is 2. The summed E-state index contributed by atoms with van der Waals surface area (Å²) in [5.41, 5.74) is 2.13. The number of fused-ring (bicyclic) bond motifs is 3. The van der Waals surface area contributed by atoms with Crippen LogP contribution in [0.1, 0.15) is 18.4 Å². The van der Waals surface area contributed by atoms with Crippen LogP contribution in [0.4, 0.5) is 0 Å². The lowest BCUT2D eigenvalue weighted by Gasteiger charge is -2.24. The highest BCUT2D eigenvalue weighted by Gasteiger charge is 2.55. The van der Waals surface area contributed by atoms with Gasteiger partial charge in [-0.25, -0.2) is 0 Å². The smallest absolute Gasteiger partial charge is 0.310 e. The molecule has 2 fully saturated rings. The largest absolute Gasteiger partial charge is 0.481 e. The van der Waals surface area contributed by atoms with Crippen LogP contribution in [0.3, 0.4) is 0 Å². The Kier molecular flexibility index (Phi) is 3.57. The quantitative estimate of drug-likeness (QED) is 0.895. The van der Waals surface area contributed by atoms with Gasteiger partial charge >= 0.3 is 5.97 Å². The summed E-state index contributed by atoms with van der Waals surface area (Å²) < 4.78 is 7.69. The average molecular weight is 328 g/mol. The topological polar surface area (TPSA) is 80.6 Å². The molecule has 0 aliphatic carbocycles. The van der Waals surface area contributed by atoms with Crippen molar-refractivity contribution < 1.29 is 19.4 Å². The number of nitrogens with one attached hydrogen (secondary N) is 1. The second-order valence-electron chi connectivity index (χ2n) is 6.67. The Hall–Kier alpha value is -2.34. The third-order valence-corrected chi connectivity index (χ3v) is 5.33. The Balaban J connectivity index is 1.51. The fourth-order valence-electron chi connectivity index (χ4n) is 4.15. The lowest BCUT2D eigenvalue weighted by Crippen LogP contribution is -2.43. The van der Waals surface area contributed by atoms with E-state index in [0.29, 0.717) is 6.54 Å². The molecule has 1 aromatic carbocycles. The predicted octanol–water partition coefficient (Wildman–Crippen LogP) is 1.67. The highest BCUT2D eigenvalue weighted by molar-refractivity contribution is 5.88. The standard InChI is InChI=1S/C18H20N2O4/c1-20-8-7-11-10(3-2-4-12(11)20)9-19-17(21)15-13-5-6-14(24-13)16(15)18(22)23/h2-4,7-8,13-16H,5-6,9H2,1H3,(H,19,21)(H,22,23)/t13-,14+,15?,16?/m1/s1. The number of benzene rings is 1. The summed E-state index contributed by atoms with van der Waals surface area (Å²) in [4.78, 5) is 24.1. The zero-order chi connectivity index (χ0) is 16.8. The van der Waals surface area contributed by atoms with Gasteiger partial charge in [-0.2, -0.15) is 0 Å². The molecule has 6 heteroatoms. The molecule has 0 radical (unpaired) electrons. The maximum atomic E-state index is 12.6. The molecule has 6 nitrogen and oxygen atoms in total. The van der Waals surface area contributed by atoms with Crippen molar-refractivity contribution in [1.29, 1.82) is 0 Å². The van der Waals surface area contributed by atoms with E-state index in [-0.39, 0.29) is 18.1 Å². The molecule has 4 atom stereocenters. The van der Waals surface area contributed by atoms with Crippen LogP contribution in [0.2, 0.25) is 0 Å². The van der Waals surface area contributed by atoms with Gasteiger partial charge in [0.05, 0.1) is 24.0 Å². The SMILES string of the molecule is Cn1ccc2c(CNC(=O)C3C(C(=O)O)[C@@H]4CC[C@H]3O4)cccc21. The molecule has 2 bridgehead atoms. The van der Waals surface area contributed by atoms with Gasteiger partial charge in [-0.1, -0.05) is 12.1 Å². The number of hydrogen-bond donors (Lipinski definition) is 2. The first kappa shape index (κ1) is 15.2. The third-order valence-electron chi connectivity index (χ3n) is 5.33. The molecule has 1 amide bonds. The van der Waals surface area contributed by atoms with E-state index in [1.807, 2.05) is 42.1 Å². The highest BCUT2D eigenvalue weighted by atomic mass is 16.5. The normalized spacial score (nSPS) is 28.4. The number of carboxylic acids is 1. The number of aryl methyl sites for hydroxylation is 1. The van der Waals surface area contributed by atoms with Crippen molar-refractivity contribution in [2.24, 2.45) is 18.9 Å². The summed E-state index contributed by atoms with van der Waals surface area (Å²) in [6.07, 6.45) is 2.90. The monoisotopic (exact) mass is 328 g/mol. The van der Waals surface area contributed by atoms with Crippen LogP contribution < -0.4 is 5.32 Å². The van der Waals surface area contributed by atoms with Crippen molar-refractivity contribution in [3.8, 4) is 0 Å². The summed E-state index contributed by atoms with van der Waals surface area (Å²) in [6, 6.07) is 8.00. The molecule has 2 aliphatic rings. The van der Waals surface area contributed by atoms with Gasteiger partial charge in [-0.05, 0) is 30.5 Å². The lowest BCUT2D eigenvalue weighted by atomic mass is 9.78. The van der Waals surface area contributed by atoms with Gasteiger partial charge in [0.2, 0.25) is 5.91 Å². The molecule has 2 N–H and O–H groups in total. The molecular weight excluding hydrogens is 308 g/mol. The summed E-state index contributed by atoms with van der Waals surface area (Å²) in [5.74, 6) is -2.47. The minimum Gasteiger partial charge on any atom is -0.481 e. The predicted molar refractivity (Wildman–Crippen MR) is 87.3 cm³/mol. The van der Waals surface area contributed by atoms with Gasteiger partial charge in [-0.3, -0.25) is 9.59 Å². The van der Waals surface area contributed by atoms with Gasteiger partial charge in [0.25, 0.3) is 0 Å². The number of carboxylic acid groups (broad SMARTS) is 1. The molecule has 4 rings (SSSR count). The Bertz CT molecular complexity index is 812. The first-order valence-electron chi connectivity index (χ1n) is 8.25. The second-order valence-corrected chi connectivity index (χ2v) is 6.67. The van der Waals surface area contributed by atoms with Crippen molar-refractivity contribution in [2.45, 2.75) is 31.6 Å². The van der Waals surface area contributed by atoms with Crippen molar-refractivity contribution in [3.05, 3.63) is 36.0 Å². The number of rotatable bonds is 4. The van der Waals surface area contributed by atoms with Gasteiger partial charge in [0.1, 0.15) is 0 Å². The first-order chi connectivity index (χ1) is 11.6. The van der Waals surface area contributed by atoms with Crippen LogP contribution in [-0.2, 0) is 27.9 Å². The molecule has 2 unspecified atom stereocenters. The molecule has 1 aromatic heterocycles. The van der Waals surface area contributed by atoms with Crippen LogP contribution >= 0.6 is 0 Å². The number of ether oxygens (including phenoxy) is 1. The van der Waals surface area contributed by atoms with Crippen LogP contribution in [-0.4, -0.2) is 33.8 Å². The van der Waals surface area contributed by atoms with Crippen molar-refractivity contribution in [3.63, 3.8) is 0 Å². The van der Waals surface area contributed by atoms with Gasteiger partial charge in [-0.15, -0.1) is 0 Å². The van der Waals surface area contributed by atoms with E-state index in [1.165, 1.54) is 0 Å². The van der Waals surface area contributed by atoms with E-state index in [9.17, 15) is 14.7 Å². The Morgan fingerprint density at radius 2 is 2.00 bits per heavy atom. The first-order valence-corrected chi connectivity index (χ1v) is 8.25. The molecule has 0 saturated carbocycles. The van der Waals surface area contributed by atoms with E-state index >= 15 is 0 Å². The summed E-state index contributed by atoms with van der Waals surface area (Å²) >= 11 is 0. The fraction of sp³-hybridized carbons (Fsp3) is 0.444. The number of nitrogens with zero attached hydrogens (tertiary/aromatic N) is 1. The summed E-state index contributed by atoms with van der Waals surface area (Å²) in [7, 11) is 1.98. The van der Waals surface area contributed by atoms with Gasteiger partial charge < -0.3 is 19.7 Å². The average Bonchev–Trinajstić information content (AvgIpc) is 3.27. The van der Waals surface area contributed by atoms with Crippen LogP contribution in [0, 0.1) is 11.8 Å². The summed E-state index contributed by atoms with van der Waals surface area (Å²) in [6.45, 7) is 0.389. The number of hydrogen-bond acceptors (Lipinski definition) is 3. The molecular formula is C18H20N2O4. The molecule has 126 valence electrons. The minimum atomic E-state index is -0.937. The van der Waals surface area contributed by atoms with E-state index in [4.69, 9.17) is 4.74 Å². The molecule has 3 heterocycles. The highest BCUT2D eigenvalue weighted by Crippen LogP contribution is 2.43. The zero-order valence-electron chi connectivity index (χ0n) is 13.4. The summed E-state index contributed by atoms with van der Waals surface area (Å²) in [5, 5.41) is 13.4. The lowest BCUT2D eigenvalue weighted by molar-refractivity contribution is -0.147. The van der Waals surface area contributed by atoms with E-state index in [0.717, 1.165) is 29.3 Å². The van der Waals surface area contributed by atoms with Crippen molar-refractivity contribution >= 4 is 22.8 Å². The van der Waals surface area contributed by atoms with E-state index in [2.05, 4.69) is 5.32 Å². The maximum Gasteiger partial charge on any atom is 0.310 e. The van der Waals surface area contributed by atoms with E-state index in [1.54, 1.807) is 0 Å². The van der Waals surface area contributed by atoms with Crippen LogP contribution in [0.25, 0.3) is 10.9 Å². The Labute approximate surface area is 139 Å². The maximum absolute atomic E-state index is 12.6. The second kappa shape index (κ2) is 5.63. The number of aromatic nitrogens is 1. The number of carbonyl (C=O) groups excluding carboxylic acids is 1. The third kappa shape index (κ3) is 2.29. The van der Waals surface area contributed by atoms with Crippen molar-refractivity contribution in [2.75, 3.05) is 0 Å². The minimum absolute atomic E-state index is 0.220.